The van der Waals surface area contributed by atoms with Crippen LogP contribution in [-0.2, 0) is 4.79 Å². The summed E-state index contributed by atoms with van der Waals surface area (Å²) in [5.74, 6) is -0.611. The lowest BCUT2D eigenvalue weighted by Crippen LogP contribution is -2.54. The maximum absolute atomic E-state index is 11.7. The van der Waals surface area contributed by atoms with Gasteiger partial charge in [0.15, 0.2) is 0 Å². The lowest BCUT2D eigenvalue weighted by Gasteiger charge is -2.39. The predicted octanol–water partition coefficient (Wildman–Crippen LogP) is 1.80. The molecule has 0 aliphatic carbocycles. The molecule has 2 atom stereocenters. The smallest absolute Gasteiger partial charge is 0.324 e. The van der Waals surface area contributed by atoms with Gasteiger partial charge in [-0.2, -0.15) is 0 Å². The van der Waals surface area contributed by atoms with E-state index in [1.807, 2.05) is 6.92 Å². The fraction of sp³-hybridized carbons (Fsp3) is 0.929. The Morgan fingerprint density at radius 3 is 2.72 bits per heavy atom. The zero-order valence-corrected chi connectivity index (χ0v) is 11.7. The van der Waals surface area contributed by atoms with E-state index in [1.54, 1.807) is 0 Å². The van der Waals surface area contributed by atoms with Crippen molar-refractivity contribution in [2.45, 2.75) is 57.0 Å². The lowest BCUT2D eigenvalue weighted by molar-refractivity contribution is -0.151. The SMILES string of the molecule is CCC1(C(=O)O)CCCN1C1CCCN(C)CC1. The minimum absolute atomic E-state index is 0.466. The van der Waals surface area contributed by atoms with Gasteiger partial charge in [-0.05, 0) is 65.2 Å². The Balaban J connectivity index is 2.13. The third-order valence-electron chi connectivity index (χ3n) is 4.88. The highest BCUT2D eigenvalue weighted by Gasteiger charge is 2.48. The molecule has 4 heteroatoms. The van der Waals surface area contributed by atoms with Crippen molar-refractivity contribution in [2.24, 2.45) is 0 Å². The van der Waals surface area contributed by atoms with Crippen molar-refractivity contribution in [1.29, 1.82) is 0 Å². The first-order chi connectivity index (χ1) is 8.60. The first kappa shape index (κ1) is 13.8. The van der Waals surface area contributed by atoms with E-state index < -0.39 is 11.5 Å². The molecule has 2 aliphatic heterocycles. The van der Waals surface area contributed by atoms with E-state index in [0.717, 1.165) is 51.7 Å². The Bertz CT molecular complexity index is 308. The molecule has 2 rings (SSSR count). The van der Waals surface area contributed by atoms with Gasteiger partial charge in [0.1, 0.15) is 5.54 Å². The van der Waals surface area contributed by atoms with Gasteiger partial charge in [0, 0.05) is 6.04 Å². The zero-order valence-electron chi connectivity index (χ0n) is 11.7. The Hall–Kier alpha value is -0.610. The van der Waals surface area contributed by atoms with Crippen LogP contribution >= 0.6 is 0 Å². The van der Waals surface area contributed by atoms with Gasteiger partial charge in [-0.15, -0.1) is 0 Å². The van der Waals surface area contributed by atoms with Crippen molar-refractivity contribution in [3.8, 4) is 0 Å². The van der Waals surface area contributed by atoms with Gasteiger partial charge in [-0.1, -0.05) is 6.92 Å². The fourth-order valence-corrected chi connectivity index (χ4v) is 3.73. The van der Waals surface area contributed by atoms with Crippen LogP contribution in [0.25, 0.3) is 0 Å². The second-order valence-corrected chi connectivity index (χ2v) is 5.88. The topological polar surface area (TPSA) is 43.8 Å². The molecule has 0 saturated carbocycles. The number of nitrogens with zero attached hydrogens (tertiary/aromatic N) is 2. The van der Waals surface area contributed by atoms with Crippen LogP contribution in [0.2, 0.25) is 0 Å². The molecule has 2 aliphatic rings. The number of carboxylic acids is 1. The van der Waals surface area contributed by atoms with Crippen molar-refractivity contribution in [2.75, 3.05) is 26.7 Å². The molecule has 18 heavy (non-hydrogen) atoms. The number of aliphatic carboxylic acids is 1. The van der Waals surface area contributed by atoms with Crippen LogP contribution < -0.4 is 0 Å². The van der Waals surface area contributed by atoms with E-state index in [1.165, 1.54) is 6.42 Å². The molecule has 2 heterocycles. The molecule has 2 fully saturated rings. The Labute approximate surface area is 110 Å². The van der Waals surface area contributed by atoms with Gasteiger partial charge in [0.05, 0.1) is 0 Å². The fourth-order valence-electron chi connectivity index (χ4n) is 3.73. The van der Waals surface area contributed by atoms with E-state index in [4.69, 9.17) is 0 Å². The second-order valence-electron chi connectivity index (χ2n) is 5.88. The summed E-state index contributed by atoms with van der Waals surface area (Å²) in [5, 5.41) is 9.64. The standard InChI is InChI=1S/C14H26N2O2/c1-3-14(13(17)18)8-5-10-16(14)12-6-4-9-15(2)11-7-12/h12H,3-11H2,1-2H3,(H,17,18). The van der Waals surface area contributed by atoms with Crippen LogP contribution in [0.5, 0.6) is 0 Å². The van der Waals surface area contributed by atoms with Gasteiger partial charge in [0.2, 0.25) is 0 Å². The van der Waals surface area contributed by atoms with Crippen molar-refractivity contribution in [1.82, 2.24) is 9.80 Å². The van der Waals surface area contributed by atoms with Gasteiger partial charge in [0.25, 0.3) is 0 Å². The number of carbonyl (C=O) groups is 1. The van der Waals surface area contributed by atoms with Crippen molar-refractivity contribution < 1.29 is 9.90 Å². The van der Waals surface area contributed by atoms with Gasteiger partial charge >= 0.3 is 5.97 Å². The minimum Gasteiger partial charge on any atom is -0.480 e. The van der Waals surface area contributed by atoms with Crippen LogP contribution in [0.1, 0.15) is 45.4 Å². The highest BCUT2D eigenvalue weighted by atomic mass is 16.4. The summed E-state index contributed by atoms with van der Waals surface area (Å²) in [5.41, 5.74) is -0.576. The van der Waals surface area contributed by atoms with E-state index in [2.05, 4.69) is 16.8 Å². The van der Waals surface area contributed by atoms with Crippen LogP contribution in [0.4, 0.5) is 0 Å². The highest BCUT2D eigenvalue weighted by Crippen LogP contribution is 2.36. The zero-order chi connectivity index (χ0) is 13.2. The maximum atomic E-state index is 11.7. The van der Waals surface area contributed by atoms with Crippen molar-refractivity contribution >= 4 is 5.97 Å². The molecule has 104 valence electrons. The predicted molar refractivity (Wildman–Crippen MR) is 71.7 cm³/mol. The maximum Gasteiger partial charge on any atom is 0.324 e. The first-order valence-electron chi connectivity index (χ1n) is 7.29. The average Bonchev–Trinajstić information content (AvgIpc) is 2.67. The lowest BCUT2D eigenvalue weighted by atomic mass is 9.90. The molecule has 0 aromatic carbocycles. The van der Waals surface area contributed by atoms with E-state index in [0.29, 0.717) is 6.04 Å². The summed E-state index contributed by atoms with van der Waals surface area (Å²) < 4.78 is 0. The van der Waals surface area contributed by atoms with Gasteiger partial charge < -0.3 is 10.0 Å². The van der Waals surface area contributed by atoms with E-state index >= 15 is 0 Å². The van der Waals surface area contributed by atoms with Gasteiger partial charge in [-0.25, -0.2) is 0 Å². The molecular formula is C14H26N2O2. The summed E-state index contributed by atoms with van der Waals surface area (Å²) in [4.78, 5) is 16.4. The molecule has 0 aromatic rings. The summed E-state index contributed by atoms with van der Waals surface area (Å²) in [6.07, 6.45) is 6.05. The van der Waals surface area contributed by atoms with Crippen molar-refractivity contribution in [3.63, 3.8) is 0 Å². The molecule has 0 spiro atoms. The van der Waals surface area contributed by atoms with Crippen molar-refractivity contribution in [3.05, 3.63) is 0 Å². The summed E-state index contributed by atoms with van der Waals surface area (Å²) >= 11 is 0. The molecular weight excluding hydrogens is 228 g/mol. The second kappa shape index (κ2) is 5.57. The molecule has 1 N–H and O–H groups in total. The average molecular weight is 254 g/mol. The highest BCUT2D eigenvalue weighted by molar-refractivity contribution is 5.79. The molecule has 0 bridgehead atoms. The van der Waals surface area contributed by atoms with Gasteiger partial charge in [-0.3, -0.25) is 9.69 Å². The largest absolute Gasteiger partial charge is 0.480 e. The Morgan fingerprint density at radius 1 is 1.28 bits per heavy atom. The molecule has 0 amide bonds. The number of likely N-dealkylation sites (tertiary alicyclic amines) is 2. The minimum atomic E-state index is -0.611. The monoisotopic (exact) mass is 254 g/mol. The van der Waals surface area contributed by atoms with Crippen LogP contribution in [0.15, 0.2) is 0 Å². The summed E-state index contributed by atoms with van der Waals surface area (Å²) in [6.45, 7) is 5.24. The van der Waals surface area contributed by atoms with E-state index in [-0.39, 0.29) is 0 Å². The van der Waals surface area contributed by atoms with Crippen LogP contribution in [0, 0.1) is 0 Å². The summed E-state index contributed by atoms with van der Waals surface area (Å²) in [7, 11) is 2.16. The third-order valence-corrected chi connectivity index (χ3v) is 4.88. The summed E-state index contributed by atoms with van der Waals surface area (Å²) in [6, 6.07) is 0.466. The Kier molecular flexibility index (Phi) is 4.28. The molecule has 0 radical (unpaired) electrons. The van der Waals surface area contributed by atoms with Crippen LogP contribution in [0.3, 0.4) is 0 Å². The third kappa shape index (κ3) is 2.41. The molecule has 2 unspecified atom stereocenters. The quantitative estimate of drug-likeness (QED) is 0.834. The Morgan fingerprint density at radius 2 is 2.06 bits per heavy atom. The number of carboxylic acid groups (broad SMARTS) is 1. The number of rotatable bonds is 3. The van der Waals surface area contributed by atoms with E-state index in [9.17, 15) is 9.90 Å². The molecule has 2 saturated heterocycles. The molecule has 4 nitrogen and oxygen atoms in total. The number of hydrogen-bond acceptors (Lipinski definition) is 3. The molecule has 0 aromatic heterocycles. The first-order valence-corrected chi connectivity index (χ1v) is 7.29. The normalized spacial score (nSPS) is 35.6. The number of hydrogen-bond donors (Lipinski definition) is 1. The van der Waals surface area contributed by atoms with Crippen LogP contribution in [-0.4, -0.2) is 59.1 Å².